The molecule has 1 heterocycles. The smallest absolute Gasteiger partial charge is 0.404 e. The number of primary amides is 1. The van der Waals surface area contributed by atoms with E-state index in [1.165, 1.54) is 13.0 Å². The van der Waals surface area contributed by atoms with E-state index in [4.69, 9.17) is 15.2 Å². The molecule has 10 nitrogen and oxygen atoms in total. The van der Waals surface area contributed by atoms with Crippen molar-refractivity contribution in [2.24, 2.45) is 41.2 Å². The zero-order valence-corrected chi connectivity index (χ0v) is 27.0. The number of rotatable bonds is 16. The molecule has 0 radical (unpaired) electrons. The van der Waals surface area contributed by atoms with Crippen LogP contribution in [-0.4, -0.2) is 79.8 Å². The Labute approximate surface area is 257 Å². The highest BCUT2D eigenvalue weighted by Crippen LogP contribution is 2.31. The van der Waals surface area contributed by atoms with Crippen LogP contribution < -0.4 is 5.73 Å². The van der Waals surface area contributed by atoms with Crippen LogP contribution in [0.5, 0.6) is 0 Å². The van der Waals surface area contributed by atoms with Gasteiger partial charge in [0.05, 0.1) is 30.3 Å². The SMILES string of the molecule is C=C/C=C\[C@H](C)[C@H](OC(N)=O)[C@@H](C)[C@H](O)[C@@H](C)C/C(C)=C\[C@](C)(O)[C@@H](O)[C@@H](C)/C=C\[C@@H](O)C[C@@H]1OC(=O)[C@H](C)[C@@H](O)[C@H]1C. The molecule has 0 saturated carbocycles. The van der Waals surface area contributed by atoms with Gasteiger partial charge in [-0.05, 0) is 33.1 Å². The average Bonchev–Trinajstić information content (AvgIpc) is 2.93. The molecular weight excluding hydrogens is 554 g/mol. The number of carbonyl (C=O) groups excluding carboxylic acids is 2. The number of aliphatic hydroxyl groups excluding tert-OH is 4. The van der Waals surface area contributed by atoms with Gasteiger partial charge in [0.25, 0.3) is 0 Å². The van der Waals surface area contributed by atoms with E-state index in [2.05, 4.69) is 6.58 Å². The predicted octanol–water partition coefficient (Wildman–Crippen LogP) is 3.41. The summed E-state index contributed by atoms with van der Waals surface area (Å²) in [5.41, 5.74) is 4.41. The van der Waals surface area contributed by atoms with Crippen molar-refractivity contribution in [3.63, 3.8) is 0 Å². The molecule has 0 aliphatic carbocycles. The fourth-order valence-electron chi connectivity index (χ4n) is 5.87. The van der Waals surface area contributed by atoms with Crippen molar-refractivity contribution >= 4 is 12.1 Å². The minimum absolute atomic E-state index is 0.0959. The molecule has 1 aliphatic heterocycles. The number of ether oxygens (including phenoxy) is 2. The molecule has 0 unspecified atom stereocenters. The van der Waals surface area contributed by atoms with Gasteiger partial charge in [-0.1, -0.05) is 83.2 Å². The number of aliphatic hydroxyl groups is 5. The van der Waals surface area contributed by atoms with Crippen molar-refractivity contribution in [1.82, 2.24) is 0 Å². The Bertz CT molecular complexity index is 1010. The van der Waals surface area contributed by atoms with Crippen LogP contribution in [0.15, 0.2) is 48.6 Å². The normalized spacial score (nSPS) is 28.7. The standard InChI is InChI=1S/C33H55NO9/c1-10-11-12-19(3)29(43-32(34)40)23(7)27(36)21(5)15-18(2)17-33(9,41)30(38)20(4)13-14-25(35)16-26-22(6)28(37)24(8)31(39)42-26/h10-14,17,19-30,35-38,41H,1,15-16H2,2-9H3,(H2,34,40)/b12-11-,14-13-,18-17-/t19-,20-,21-,22-,23-,24+,25+,26-,27+,28-,29-,30-,33-/m0/s1. The zero-order chi connectivity index (χ0) is 33.2. The molecule has 0 aromatic heterocycles. The quantitative estimate of drug-likeness (QED) is 0.0868. The first-order valence-corrected chi connectivity index (χ1v) is 15.1. The summed E-state index contributed by atoms with van der Waals surface area (Å²) in [6, 6.07) is 0. The Morgan fingerprint density at radius 2 is 1.72 bits per heavy atom. The number of hydrogen-bond donors (Lipinski definition) is 6. The van der Waals surface area contributed by atoms with Gasteiger partial charge in [-0.3, -0.25) is 4.79 Å². The summed E-state index contributed by atoms with van der Waals surface area (Å²) in [6.07, 6.45) is 4.16. The Morgan fingerprint density at radius 3 is 2.28 bits per heavy atom. The highest BCUT2D eigenvalue weighted by molar-refractivity contribution is 5.73. The number of allylic oxidation sites excluding steroid dienone is 3. The molecule has 1 fully saturated rings. The first-order chi connectivity index (χ1) is 19.8. The number of carbonyl (C=O) groups is 2. The van der Waals surface area contributed by atoms with Gasteiger partial charge in [-0.2, -0.15) is 0 Å². The van der Waals surface area contributed by atoms with E-state index in [-0.39, 0.29) is 24.2 Å². The second-order valence-corrected chi connectivity index (χ2v) is 12.7. The second kappa shape index (κ2) is 17.1. The van der Waals surface area contributed by atoms with E-state index in [9.17, 15) is 35.1 Å². The molecule has 43 heavy (non-hydrogen) atoms. The lowest BCUT2D eigenvalue weighted by molar-refractivity contribution is -0.179. The van der Waals surface area contributed by atoms with Gasteiger partial charge in [-0.15, -0.1) is 0 Å². The molecule has 246 valence electrons. The third-order valence-electron chi connectivity index (χ3n) is 8.63. The number of esters is 1. The van der Waals surface area contributed by atoms with Gasteiger partial charge < -0.3 is 40.7 Å². The van der Waals surface area contributed by atoms with E-state index in [1.54, 1.807) is 58.9 Å². The third kappa shape index (κ3) is 11.5. The molecule has 0 bridgehead atoms. The maximum atomic E-state index is 12.0. The molecule has 1 saturated heterocycles. The Kier molecular flexibility index (Phi) is 15.3. The minimum atomic E-state index is -1.62. The van der Waals surface area contributed by atoms with Crippen molar-refractivity contribution in [3.8, 4) is 0 Å². The number of amides is 1. The largest absolute Gasteiger partial charge is 0.462 e. The number of hydrogen-bond acceptors (Lipinski definition) is 9. The van der Waals surface area contributed by atoms with E-state index in [1.807, 2.05) is 19.9 Å². The molecule has 10 heteroatoms. The van der Waals surface area contributed by atoms with Gasteiger partial charge in [0.15, 0.2) is 0 Å². The van der Waals surface area contributed by atoms with E-state index in [0.717, 1.165) is 5.57 Å². The summed E-state index contributed by atoms with van der Waals surface area (Å²) in [6.45, 7) is 17.5. The lowest BCUT2D eigenvalue weighted by Gasteiger charge is -2.36. The summed E-state index contributed by atoms with van der Waals surface area (Å²) >= 11 is 0. The summed E-state index contributed by atoms with van der Waals surface area (Å²) in [7, 11) is 0. The maximum Gasteiger partial charge on any atom is 0.404 e. The highest BCUT2D eigenvalue weighted by atomic mass is 16.6. The fraction of sp³-hybridized carbons (Fsp3) is 0.697. The summed E-state index contributed by atoms with van der Waals surface area (Å²) in [5.74, 6) is -2.96. The second-order valence-electron chi connectivity index (χ2n) is 12.7. The van der Waals surface area contributed by atoms with Gasteiger partial charge >= 0.3 is 12.1 Å². The van der Waals surface area contributed by atoms with Gasteiger partial charge in [0, 0.05) is 30.1 Å². The van der Waals surface area contributed by atoms with Crippen LogP contribution >= 0.6 is 0 Å². The molecule has 0 aromatic carbocycles. The monoisotopic (exact) mass is 609 g/mol. The van der Waals surface area contributed by atoms with Crippen LogP contribution in [0.1, 0.15) is 68.2 Å². The fourth-order valence-corrected chi connectivity index (χ4v) is 5.87. The Morgan fingerprint density at radius 1 is 1.12 bits per heavy atom. The highest BCUT2D eigenvalue weighted by Gasteiger charge is 2.41. The van der Waals surface area contributed by atoms with Gasteiger partial charge in [0.1, 0.15) is 17.8 Å². The summed E-state index contributed by atoms with van der Waals surface area (Å²) < 4.78 is 10.7. The third-order valence-corrected chi connectivity index (χ3v) is 8.63. The molecular formula is C33H55NO9. The van der Waals surface area contributed by atoms with Crippen molar-refractivity contribution in [3.05, 3.63) is 48.6 Å². The molecule has 1 amide bonds. The molecule has 0 aromatic rings. The predicted molar refractivity (Wildman–Crippen MR) is 165 cm³/mol. The lowest BCUT2D eigenvalue weighted by atomic mass is 9.81. The van der Waals surface area contributed by atoms with Crippen molar-refractivity contribution < 1.29 is 44.6 Å². The zero-order valence-electron chi connectivity index (χ0n) is 27.0. The van der Waals surface area contributed by atoms with Crippen LogP contribution in [-0.2, 0) is 14.3 Å². The molecule has 13 atom stereocenters. The van der Waals surface area contributed by atoms with Crippen LogP contribution in [0.3, 0.4) is 0 Å². The Balaban J connectivity index is 2.86. The van der Waals surface area contributed by atoms with Crippen LogP contribution in [0.2, 0.25) is 0 Å². The Hall–Kier alpha value is -2.50. The van der Waals surface area contributed by atoms with E-state index >= 15 is 0 Å². The first kappa shape index (κ1) is 38.5. The van der Waals surface area contributed by atoms with Gasteiger partial charge in [0.2, 0.25) is 0 Å². The topological polar surface area (TPSA) is 180 Å². The van der Waals surface area contributed by atoms with E-state index < -0.39 is 72.0 Å². The summed E-state index contributed by atoms with van der Waals surface area (Å²) in [4.78, 5) is 23.5. The summed E-state index contributed by atoms with van der Waals surface area (Å²) in [5, 5.41) is 53.9. The minimum Gasteiger partial charge on any atom is -0.462 e. The first-order valence-electron chi connectivity index (χ1n) is 15.1. The lowest BCUT2D eigenvalue weighted by Crippen LogP contribution is -2.47. The van der Waals surface area contributed by atoms with Crippen LogP contribution in [0.4, 0.5) is 4.79 Å². The number of nitrogens with two attached hydrogens (primary N) is 1. The van der Waals surface area contributed by atoms with Crippen molar-refractivity contribution in [2.75, 3.05) is 0 Å². The van der Waals surface area contributed by atoms with Crippen molar-refractivity contribution in [1.29, 1.82) is 0 Å². The average molecular weight is 610 g/mol. The maximum absolute atomic E-state index is 12.0. The molecule has 0 spiro atoms. The molecule has 1 rings (SSSR count). The van der Waals surface area contributed by atoms with Gasteiger partial charge in [-0.25, -0.2) is 4.79 Å². The van der Waals surface area contributed by atoms with Crippen molar-refractivity contribution in [2.45, 2.75) is 110 Å². The van der Waals surface area contributed by atoms with Crippen LogP contribution in [0, 0.1) is 35.5 Å². The van der Waals surface area contributed by atoms with E-state index in [0.29, 0.717) is 6.42 Å². The molecule has 7 N–H and O–H groups in total. The van der Waals surface area contributed by atoms with Crippen LogP contribution in [0.25, 0.3) is 0 Å². The molecule has 1 aliphatic rings. The number of cyclic esters (lactones) is 1.